The number of rotatable bonds is 3. The van der Waals surface area contributed by atoms with E-state index in [0.717, 1.165) is 11.4 Å². The molecule has 2 N–H and O–H groups in total. The fourth-order valence-electron chi connectivity index (χ4n) is 1.45. The summed E-state index contributed by atoms with van der Waals surface area (Å²) in [6, 6.07) is 9.71. The number of benzene rings is 1. The van der Waals surface area contributed by atoms with Gasteiger partial charge in [0, 0.05) is 11.9 Å². The normalized spacial score (nSPS) is 10.1. The van der Waals surface area contributed by atoms with Gasteiger partial charge in [0.15, 0.2) is 0 Å². The van der Waals surface area contributed by atoms with Crippen molar-refractivity contribution in [3.05, 3.63) is 48.5 Å². The van der Waals surface area contributed by atoms with E-state index >= 15 is 0 Å². The van der Waals surface area contributed by atoms with Gasteiger partial charge in [-0.25, -0.2) is 4.98 Å². The molecule has 1 heterocycles. The van der Waals surface area contributed by atoms with Gasteiger partial charge in [-0.3, -0.25) is 4.79 Å². The highest BCUT2D eigenvalue weighted by atomic mass is 16.1. The summed E-state index contributed by atoms with van der Waals surface area (Å²) in [4.78, 5) is 14.8. The molecule has 1 aromatic heterocycles. The van der Waals surface area contributed by atoms with Crippen molar-refractivity contribution in [2.24, 2.45) is 5.73 Å². The SMILES string of the molecule is NC(=O)Cc1cncn1-c1ccccc1. The Hall–Kier alpha value is -2.10. The van der Waals surface area contributed by atoms with Crippen molar-refractivity contribution < 1.29 is 4.79 Å². The first-order chi connectivity index (χ1) is 7.27. The van der Waals surface area contributed by atoms with Crippen LogP contribution < -0.4 is 5.73 Å². The Labute approximate surface area is 87.4 Å². The molecule has 15 heavy (non-hydrogen) atoms. The van der Waals surface area contributed by atoms with Gasteiger partial charge in [-0.15, -0.1) is 0 Å². The minimum atomic E-state index is -0.354. The van der Waals surface area contributed by atoms with Crippen LogP contribution in [0.4, 0.5) is 0 Å². The minimum absolute atomic E-state index is 0.203. The van der Waals surface area contributed by atoms with E-state index in [-0.39, 0.29) is 12.3 Å². The van der Waals surface area contributed by atoms with Crippen molar-refractivity contribution in [3.8, 4) is 5.69 Å². The summed E-state index contributed by atoms with van der Waals surface area (Å²) in [5.41, 5.74) is 6.93. The van der Waals surface area contributed by atoms with Gasteiger partial charge < -0.3 is 10.3 Å². The van der Waals surface area contributed by atoms with E-state index in [2.05, 4.69) is 4.98 Å². The number of nitrogens with two attached hydrogens (primary N) is 1. The van der Waals surface area contributed by atoms with Gasteiger partial charge in [0.2, 0.25) is 5.91 Å². The first kappa shape index (κ1) is 9.45. The largest absolute Gasteiger partial charge is 0.369 e. The minimum Gasteiger partial charge on any atom is -0.369 e. The highest BCUT2D eigenvalue weighted by Crippen LogP contribution is 2.10. The standard InChI is InChI=1S/C11H11N3O/c12-11(15)6-10-7-13-8-14(10)9-4-2-1-3-5-9/h1-5,7-8H,6H2,(H2,12,15). The number of amides is 1. The topological polar surface area (TPSA) is 60.9 Å². The van der Waals surface area contributed by atoms with Crippen molar-refractivity contribution in [3.63, 3.8) is 0 Å². The maximum absolute atomic E-state index is 10.8. The molecule has 0 bridgehead atoms. The lowest BCUT2D eigenvalue weighted by Gasteiger charge is -2.05. The molecule has 2 rings (SSSR count). The summed E-state index contributed by atoms with van der Waals surface area (Å²) in [5.74, 6) is -0.354. The third-order valence-electron chi connectivity index (χ3n) is 2.10. The number of nitrogens with zero attached hydrogens (tertiary/aromatic N) is 2. The van der Waals surface area contributed by atoms with Crippen molar-refractivity contribution in [2.45, 2.75) is 6.42 Å². The van der Waals surface area contributed by atoms with Gasteiger partial charge in [0.05, 0.1) is 18.4 Å². The van der Waals surface area contributed by atoms with Gasteiger partial charge in [0.1, 0.15) is 0 Å². The molecule has 76 valence electrons. The molecule has 0 aliphatic carbocycles. The van der Waals surface area contributed by atoms with E-state index < -0.39 is 0 Å². The summed E-state index contributed by atoms with van der Waals surface area (Å²) in [5, 5.41) is 0. The third-order valence-corrected chi connectivity index (χ3v) is 2.10. The highest BCUT2D eigenvalue weighted by molar-refractivity contribution is 5.76. The monoisotopic (exact) mass is 201 g/mol. The average molecular weight is 201 g/mol. The van der Waals surface area contributed by atoms with E-state index in [1.165, 1.54) is 0 Å². The van der Waals surface area contributed by atoms with Gasteiger partial charge in [-0.2, -0.15) is 0 Å². The maximum Gasteiger partial charge on any atom is 0.223 e. The molecule has 0 saturated carbocycles. The number of para-hydroxylation sites is 1. The number of carbonyl (C=O) groups excluding carboxylic acids is 1. The fourth-order valence-corrected chi connectivity index (χ4v) is 1.45. The summed E-state index contributed by atoms with van der Waals surface area (Å²) < 4.78 is 1.85. The maximum atomic E-state index is 10.8. The van der Waals surface area contributed by atoms with Crippen LogP contribution in [0.25, 0.3) is 5.69 Å². The first-order valence-corrected chi connectivity index (χ1v) is 4.62. The molecule has 1 amide bonds. The number of hydrogen-bond donors (Lipinski definition) is 1. The van der Waals surface area contributed by atoms with E-state index in [1.54, 1.807) is 12.5 Å². The van der Waals surface area contributed by atoms with Gasteiger partial charge >= 0.3 is 0 Å². The van der Waals surface area contributed by atoms with Crippen LogP contribution in [0.5, 0.6) is 0 Å². The van der Waals surface area contributed by atoms with Crippen LogP contribution in [-0.2, 0) is 11.2 Å². The predicted octanol–water partition coefficient (Wildman–Crippen LogP) is 0.900. The second-order valence-corrected chi connectivity index (χ2v) is 3.23. The number of carbonyl (C=O) groups is 1. The molecule has 0 atom stereocenters. The van der Waals surface area contributed by atoms with Crippen LogP contribution in [-0.4, -0.2) is 15.5 Å². The lowest BCUT2D eigenvalue weighted by Crippen LogP contribution is -2.15. The summed E-state index contributed by atoms with van der Waals surface area (Å²) in [7, 11) is 0. The molecule has 4 heteroatoms. The lowest BCUT2D eigenvalue weighted by atomic mass is 10.2. The molecule has 0 unspecified atom stereocenters. The lowest BCUT2D eigenvalue weighted by molar-refractivity contribution is -0.117. The molecule has 0 spiro atoms. The molecule has 1 aromatic carbocycles. The van der Waals surface area contributed by atoms with Crippen LogP contribution in [0.2, 0.25) is 0 Å². The molecule has 0 fully saturated rings. The van der Waals surface area contributed by atoms with Gasteiger partial charge in [-0.05, 0) is 12.1 Å². The number of primary amides is 1. The van der Waals surface area contributed by atoms with E-state index in [0.29, 0.717) is 0 Å². The zero-order valence-corrected chi connectivity index (χ0v) is 8.13. The van der Waals surface area contributed by atoms with E-state index in [1.807, 2.05) is 34.9 Å². The third kappa shape index (κ3) is 2.04. The average Bonchev–Trinajstić information content (AvgIpc) is 2.66. The Morgan fingerprint density at radius 3 is 2.73 bits per heavy atom. The first-order valence-electron chi connectivity index (χ1n) is 4.62. The van der Waals surface area contributed by atoms with Crippen LogP contribution in [0.3, 0.4) is 0 Å². The van der Waals surface area contributed by atoms with Crippen LogP contribution in [0, 0.1) is 0 Å². The van der Waals surface area contributed by atoms with Crippen molar-refractivity contribution >= 4 is 5.91 Å². The van der Waals surface area contributed by atoms with E-state index in [9.17, 15) is 4.79 Å². The van der Waals surface area contributed by atoms with Crippen LogP contribution in [0.15, 0.2) is 42.9 Å². The second-order valence-electron chi connectivity index (χ2n) is 3.23. The molecule has 0 saturated heterocycles. The van der Waals surface area contributed by atoms with Gasteiger partial charge in [0.25, 0.3) is 0 Å². The summed E-state index contributed by atoms with van der Waals surface area (Å²) >= 11 is 0. The molecular formula is C11H11N3O. The summed E-state index contributed by atoms with van der Waals surface area (Å²) in [6.45, 7) is 0. The Bertz CT molecular complexity index is 462. The zero-order valence-electron chi connectivity index (χ0n) is 8.13. The molecule has 0 aliphatic heterocycles. The van der Waals surface area contributed by atoms with Crippen molar-refractivity contribution in [1.82, 2.24) is 9.55 Å². The van der Waals surface area contributed by atoms with E-state index in [4.69, 9.17) is 5.73 Å². The molecule has 4 nitrogen and oxygen atoms in total. The highest BCUT2D eigenvalue weighted by Gasteiger charge is 2.06. The number of aromatic nitrogens is 2. The van der Waals surface area contributed by atoms with Crippen molar-refractivity contribution in [1.29, 1.82) is 0 Å². The Balaban J connectivity index is 2.37. The molecule has 2 aromatic rings. The predicted molar refractivity (Wildman–Crippen MR) is 56.5 cm³/mol. The summed E-state index contributed by atoms with van der Waals surface area (Å²) in [6.07, 6.45) is 3.53. The van der Waals surface area contributed by atoms with Gasteiger partial charge in [-0.1, -0.05) is 18.2 Å². The number of hydrogen-bond acceptors (Lipinski definition) is 2. The van der Waals surface area contributed by atoms with Crippen molar-refractivity contribution in [2.75, 3.05) is 0 Å². The Morgan fingerprint density at radius 1 is 1.33 bits per heavy atom. The fraction of sp³-hybridized carbons (Fsp3) is 0.0909. The second kappa shape index (κ2) is 3.96. The number of imidazole rings is 1. The molecule has 0 radical (unpaired) electrons. The Kier molecular flexibility index (Phi) is 2.49. The zero-order chi connectivity index (χ0) is 10.7. The smallest absolute Gasteiger partial charge is 0.223 e. The van der Waals surface area contributed by atoms with Crippen LogP contribution in [0.1, 0.15) is 5.69 Å². The Morgan fingerprint density at radius 2 is 2.07 bits per heavy atom. The van der Waals surface area contributed by atoms with Crippen LogP contribution >= 0.6 is 0 Å². The quantitative estimate of drug-likeness (QED) is 0.802. The molecule has 0 aliphatic rings. The molecular weight excluding hydrogens is 190 g/mol.